The smallest absolute Gasteiger partial charge is 0.308 e. The fourth-order valence-corrected chi connectivity index (χ4v) is 2.02. The van der Waals surface area contributed by atoms with Gasteiger partial charge >= 0.3 is 5.97 Å². The summed E-state index contributed by atoms with van der Waals surface area (Å²) in [6.45, 7) is 2.92. The van der Waals surface area contributed by atoms with Crippen LogP contribution in [0.4, 0.5) is 0 Å². The van der Waals surface area contributed by atoms with Crippen LogP contribution in [-0.4, -0.2) is 19.2 Å². The summed E-state index contributed by atoms with van der Waals surface area (Å²) in [5.74, 6) is -0.191. The minimum atomic E-state index is -0.191. The molecule has 1 aliphatic rings. The minimum absolute atomic E-state index is 0.135. The van der Waals surface area contributed by atoms with Crippen molar-refractivity contribution in [2.24, 2.45) is 0 Å². The number of hydrogen-bond acceptors (Lipinski definition) is 3. The monoisotopic (exact) mass is 220 g/mol. The summed E-state index contributed by atoms with van der Waals surface area (Å²) in [4.78, 5) is 11.4. The molecule has 0 unspecified atom stereocenters. The second-order valence-electron chi connectivity index (χ2n) is 3.82. The molecule has 0 radical (unpaired) electrons. The Bertz CT molecular complexity index is 373. The van der Waals surface area contributed by atoms with Crippen molar-refractivity contribution in [2.75, 3.05) is 13.2 Å². The molecule has 0 saturated heterocycles. The number of carbonyl (C=O) groups excluding carboxylic acids is 1. The van der Waals surface area contributed by atoms with Crippen molar-refractivity contribution < 1.29 is 14.3 Å². The van der Waals surface area contributed by atoms with Gasteiger partial charge in [0.15, 0.2) is 0 Å². The average molecular weight is 220 g/mol. The fourth-order valence-electron chi connectivity index (χ4n) is 2.02. The van der Waals surface area contributed by atoms with Crippen molar-refractivity contribution >= 4 is 5.97 Å². The van der Waals surface area contributed by atoms with Gasteiger partial charge in [0.2, 0.25) is 0 Å². The Morgan fingerprint density at radius 3 is 3.12 bits per heavy atom. The molecule has 1 aromatic rings. The van der Waals surface area contributed by atoms with Crippen molar-refractivity contribution in [3.05, 3.63) is 35.4 Å². The van der Waals surface area contributed by atoms with E-state index in [9.17, 15) is 4.79 Å². The molecule has 0 aliphatic carbocycles. The molecule has 2 rings (SSSR count). The Kier molecular flexibility index (Phi) is 3.57. The molecule has 1 aliphatic heterocycles. The molecule has 3 nitrogen and oxygen atoms in total. The van der Waals surface area contributed by atoms with Crippen LogP contribution >= 0.6 is 0 Å². The standard InChI is InChI=1S/C13H16O3/c1-2-15-13(14)9-12-11-6-4-3-5-10(11)7-8-16-12/h3-6,12H,2,7-9H2,1H3/t12-/m1/s1. The third kappa shape index (κ3) is 2.42. The number of hydrogen-bond donors (Lipinski definition) is 0. The Hall–Kier alpha value is -1.35. The number of esters is 1. The van der Waals surface area contributed by atoms with Gasteiger partial charge in [0, 0.05) is 0 Å². The number of ether oxygens (including phenoxy) is 2. The second-order valence-corrected chi connectivity index (χ2v) is 3.82. The van der Waals surface area contributed by atoms with Crippen LogP contribution in [0.1, 0.15) is 30.6 Å². The minimum Gasteiger partial charge on any atom is -0.466 e. The summed E-state index contributed by atoms with van der Waals surface area (Å²) in [6, 6.07) is 8.12. The first-order chi connectivity index (χ1) is 7.81. The van der Waals surface area contributed by atoms with Gasteiger partial charge in [-0.3, -0.25) is 4.79 Å². The molecule has 16 heavy (non-hydrogen) atoms. The highest BCUT2D eigenvalue weighted by Crippen LogP contribution is 2.29. The molecular formula is C13H16O3. The molecule has 0 aromatic heterocycles. The first-order valence-corrected chi connectivity index (χ1v) is 5.66. The van der Waals surface area contributed by atoms with E-state index in [1.807, 2.05) is 25.1 Å². The summed E-state index contributed by atoms with van der Waals surface area (Å²) in [7, 11) is 0. The van der Waals surface area contributed by atoms with Gasteiger partial charge in [0.1, 0.15) is 0 Å². The molecular weight excluding hydrogens is 204 g/mol. The largest absolute Gasteiger partial charge is 0.466 e. The van der Waals surface area contributed by atoms with Crippen LogP contribution in [0, 0.1) is 0 Å². The van der Waals surface area contributed by atoms with Crippen LogP contribution in [-0.2, 0) is 20.7 Å². The van der Waals surface area contributed by atoms with Crippen LogP contribution in [0.5, 0.6) is 0 Å². The van der Waals surface area contributed by atoms with Gasteiger partial charge in [0.05, 0.1) is 25.7 Å². The maximum Gasteiger partial charge on any atom is 0.308 e. The van der Waals surface area contributed by atoms with Gasteiger partial charge in [-0.2, -0.15) is 0 Å². The number of benzene rings is 1. The quantitative estimate of drug-likeness (QED) is 0.733. The Morgan fingerprint density at radius 2 is 2.31 bits per heavy atom. The normalized spacial score (nSPS) is 18.9. The lowest BCUT2D eigenvalue weighted by Gasteiger charge is -2.25. The summed E-state index contributed by atoms with van der Waals surface area (Å²) in [5.41, 5.74) is 2.41. The molecule has 86 valence electrons. The van der Waals surface area contributed by atoms with Crippen LogP contribution in [0.25, 0.3) is 0 Å². The SMILES string of the molecule is CCOC(=O)C[C@H]1OCCc2ccccc21. The predicted octanol–water partition coefficient (Wildman–Crippen LogP) is 2.25. The van der Waals surface area contributed by atoms with E-state index in [4.69, 9.17) is 9.47 Å². The molecule has 1 aromatic carbocycles. The van der Waals surface area contributed by atoms with Crippen LogP contribution in [0.3, 0.4) is 0 Å². The Morgan fingerprint density at radius 1 is 1.50 bits per heavy atom. The predicted molar refractivity (Wildman–Crippen MR) is 60.1 cm³/mol. The van der Waals surface area contributed by atoms with Crippen molar-refractivity contribution in [3.8, 4) is 0 Å². The van der Waals surface area contributed by atoms with Crippen molar-refractivity contribution in [1.29, 1.82) is 0 Å². The van der Waals surface area contributed by atoms with E-state index >= 15 is 0 Å². The van der Waals surface area contributed by atoms with Crippen LogP contribution < -0.4 is 0 Å². The van der Waals surface area contributed by atoms with Gasteiger partial charge in [-0.15, -0.1) is 0 Å². The van der Waals surface area contributed by atoms with Gasteiger partial charge in [-0.1, -0.05) is 24.3 Å². The lowest BCUT2D eigenvalue weighted by atomic mass is 9.96. The topological polar surface area (TPSA) is 35.5 Å². The summed E-state index contributed by atoms with van der Waals surface area (Å²) in [6.07, 6.45) is 1.10. The zero-order chi connectivity index (χ0) is 11.4. The fraction of sp³-hybridized carbons (Fsp3) is 0.462. The summed E-state index contributed by atoms with van der Waals surface area (Å²) in [5, 5.41) is 0. The molecule has 1 heterocycles. The van der Waals surface area contributed by atoms with Crippen molar-refractivity contribution in [1.82, 2.24) is 0 Å². The summed E-state index contributed by atoms with van der Waals surface area (Å²) >= 11 is 0. The molecule has 0 amide bonds. The lowest BCUT2D eigenvalue weighted by molar-refractivity contribution is -0.146. The molecule has 0 saturated carbocycles. The molecule has 0 spiro atoms. The van der Waals surface area contributed by atoms with E-state index < -0.39 is 0 Å². The first kappa shape index (κ1) is 11.1. The van der Waals surface area contributed by atoms with Gasteiger partial charge in [0.25, 0.3) is 0 Å². The van der Waals surface area contributed by atoms with Crippen molar-refractivity contribution in [3.63, 3.8) is 0 Å². The maximum atomic E-state index is 11.4. The van der Waals surface area contributed by atoms with E-state index in [0.717, 1.165) is 12.0 Å². The molecule has 0 bridgehead atoms. The Labute approximate surface area is 95.4 Å². The van der Waals surface area contributed by atoms with E-state index in [1.54, 1.807) is 0 Å². The Balaban J connectivity index is 2.10. The number of rotatable bonds is 3. The van der Waals surface area contributed by atoms with Crippen LogP contribution in [0.15, 0.2) is 24.3 Å². The highest BCUT2D eigenvalue weighted by atomic mass is 16.5. The zero-order valence-corrected chi connectivity index (χ0v) is 9.44. The zero-order valence-electron chi connectivity index (χ0n) is 9.44. The third-order valence-electron chi connectivity index (χ3n) is 2.75. The summed E-state index contributed by atoms with van der Waals surface area (Å²) < 4.78 is 10.6. The highest BCUT2D eigenvalue weighted by Gasteiger charge is 2.23. The second kappa shape index (κ2) is 5.12. The van der Waals surface area contributed by atoms with Crippen molar-refractivity contribution in [2.45, 2.75) is 25.9 Å². The average Bonchev–Trinajstić information content (AvgIpc) is 2.30. The van der Waals surface area contributed by atoms with Gasteiger partial charge < -0.3 is 9.47 Å². The van der Waals surface area contributed by atoms with E-state index in [2.05, 4.69) is 6.07 Å². The molecule has 0 N–H and O–H groups in total. The molecule has 0 fully saturated rings. The van der Waals surface area contributed by atoms with E-state index in [0.29, 0.717) is 19.6 Å². The maximum absolute atomic E-state index is 11.4. The number of carbonyl (C=O) groups is 1. The third-order valence-corrected chi connectivity index (χ3v) is 2.75. The molecule has 1 atom stereocenters. The first-order valence-electron chi connectivity index (χ1n) is 5.66. The van der Waals surface area contributed by atoms with E-state index in [1.165, 1.54) is 5.56 Å². The lowest BCUT2D eigenvalue weighted by Crippen LogP contribution is -2.20. The van der Waals surface area contributed by atoms with Gasteiger partial charge in [-0.25, -0.2) is 0 Å². The molecule has 3 heteroatoms. The van der Waals surface area contributed by atoms with Crippen LogP contribution in [0.2, 0.25) is 0 Å². The highest BCUT2D eigenvalue weighted by molar-refractivity contribution is 5.70. The van der Waals surface area contributed by atoms with Gasteiger partial charge in [-0.05, 0) is 24.5 Å². The van der Waals surface area contributed by atoms with E-state index in [-0.39, 0.29) is 12.1 Å². The number of fused-ring (bicyclic) bond motifs is 1.